The number of aromatic nitrogens is 2. The van der Waals surface area contributed by atoms with Gasteiger partial charge in [-0.2, -0.15) is 0 Å². The molecule has 0 radical (unpaired) electrons. The van der Waals surface area contributed by atoms with Crippen molar-refractivity contribution >= 4 is 23.1 Å². The Morgan fingerprint density at radius 2 is 2.41 bits per heavy atom. The van der Waals surface area contributed by atoms with Crippen LogP contribution >= 0.6 is 12.2 Å². The van der Waals surface area contributed by atoms with Crippen LogP contribution in [0.1, 0.15) is 19.8 Å². The lowest BCUT2D eigenvalue weighted by molar-refractivity contribution is -0.124. The number of carbonyl (C=O) groups is 1. The van der Waals surface area contributed by atoms with Crippen LogP contribution in [-0.2, 0) is 11.3 Å². The van der Waals surface area contributed by atoms with Gasteiger partial charge in [-0.3, -0.25) is 4.79 Å². The Balaban J connectivity index is 1.89. The highest BCUT2D eigenvalue weighted by Crippen LogP contribution is 2.46. The zero-order valence-electron chi connectivity index (χ0n) is 9.72. The fraction of sp³-hybridized carbons (Fsp3) is 0.545. The first-order valence-electron chi connectivity index (χ1n) is 5.61. The smallest absolute Gasteiger partial charge is 0.233 e. The summed E-state index contributed by atoms with van der Waals surface area (Å²) in [6.07, 6.45) is 6.84. The maximum Gasteiger partial charge on any atom is 0.233 e. The Morgan fingerprint density at radius 3 is 2.88 bits per heavy atom. The van der Waals surface area contributed by atoms with Crippen molar-refractivity contribution in [2.75, 3.05) is 0 Å². The number of hydrogen-bond donors (Lipinski definition) is 2. The molecule has 1 aromatic rings. The van der Waals surface area contributed by atoms with E-state index in [1.807, 2.05) is 17.7 Å². The summed E-state index contributed by atoms with van der Waals surface area (Å²) >= 11 is 4.94. The van der Waals surface area contributed by atoms with Crippen LogP contribution in [0.25, 0.3) is 0 Å². The molecule has 1 amide bonds. The lowest BCUT2D eigenvalue weighted by Crippen LogP contribution is -2.44. The van der Waals surface area contributed by atoms with Crippen molar-refractivity contribution in [2.24, 2.45) is 11.1 Å². The van der Waals surface area contributed by atoms with Crippen LogP contribution in [0.3, 0.4) is 0 Å². The second kappa shape index (κ2) is 4.44. The number of nitrogens with zero attached hydrogens (tertiary/aromatic N) is 2. The quantitative estimate of drug-likeness (QED) is 0.746. The largest absolute Gasteiger partial charge is 0.392 e. The van der Waals surface area contributed by atoms with E-state index in [9.17, 15) is 4.79 Å². The highest BCUT2D eigenvalue weighted by Gasteiger charge is 2.52. The van der Waals surface area contributed by atoms with Gasteiger partial charge in [-0.15, -0.1) is 0 Å². The highest BCUT2D eigenvalue weighted by atomic mass is 32.1. The predicted molar refractivity (Wildman–Crippen MR) is 68.3 cm³/mol. The third-order valence-corrected chi connectivity index (χ3v) is 3.47. The minimum absolute atomic E-state index is 0.0310. The topological polar surface area (TPSA) is 72.9 Å². The zero-order valence-corrected chi connectivity index (χ0v) is 10.5. The van der Waals surface area contributed by atoms with E-state index in [0.717, 1.165) is 12.8 Å². The SMILES string of the molecule is CC(Cn1ccnc1)NC(=O)C1(C(N)=S)CC1. The Bertz CT molecular complexity index is 425. The first-order valence-corrected chi connectivity index (χ1v) is 6.02. The molecule has 5 nitrogen and oxygen atoms in total. The first kappa shape index (κ1) is 12.0. The van der Waals surface area contributed by atoms with E-state index in [-0.39, 0.29) is 11.9 Å². The normalized spacial score (nSPS) is 18.4. The minimum Gasteiger partial charge on any atom is -0.392 e. The standard InChI is InChI=1S/C11H16N4OS/c1-8(6-15-5-4-13-7-15)14-10(16)11(2-3-11)9(12)17/h4-5,7-8H,2-3,6H2,1H3,(H2,12,17)(H,14,16). The molecule has 6 heteroatoms. The summed E-state index contributed by atoms with van der Waals surface area (Å²) in [4.78, 5) is 16.3. The number of nitrogens with one attached hydrogen (secondary N) is 1. The summed E-state index contributed by atoms with van der Waals surface area (Å²) in [5.41, 5.74) is 5.03. The van der Waals surface area contributed by atoms with E-state index in [0.29, 0.717) is 11.5 Å². The van der Waals surface area contributed by atoms with Crippen LogP contribution < -0.4 is 11.1 Å². The molecule has 1 atom stereocenters. The van der Waals surface area contributed by atoms with Gasteiger partial charge in [-0.05, 0) is 19.8 Å². The second-order valence-electron chi connectivity index (χ2n) is 4.58. The Kier molecular flexibility index (Phi) is 3.15. The average Bonchev–Trinajstić information content (AvgIpc) is 2.93. The fourth-order valence-corrected chi connectivity index (χ4v) is 2.13. The van der Waals surface area contributed by atoms with Crippen LogP contribution in [0.15, 0.2) is 18.7 Å². The minimum atomic E-state index is -0.571. The molecule has 0 saturated heterocycles. The first-order chi connectivity index (χ1) is 8.04. The monoisotopic (exact) mass is 252 g/mol. The van der Waals surface area contributed by atoms with Crippen molar-refractivity contribution in [2.45, 2.75) is 32.4 Å². The Labute approximate surface area is 105 Å². The molecular weight excluding hydrogens is 236 g/mol. The van der Waals surface area contributed by atoms with Crippen molar-refractivity contribution in [1.29, 1.82) is 0 Å². The van der Waals surface area contributed by atoms with E-state index < -0.39 is 5.41 Å². The molecule has 1 unspecified atom stereocenters. The molecule has 1 fully saturated rings. The van der Waals surface area contributed by atoms with Crippen molar-refractivity contribution in [3.05, 3.63) is 18.7 Å². The summed E-state index contributed by atoms with van der Waals surface area (Å²) in [5.74, 6) is -0.0439. The van der Waals surface area contributed by atoms with Gasteiger partial charge in [0.1, 0.15) is 0 Å². The number of carbonyl (C=O) groups excluding carboxylic acids is 1. The zero-order chi connectivity index (χ0) is 12.5. The van der Waals surface area contributed by atoms with Crippen molar-refractivity contribution in [3.63, 3.8) is 0 Å². The van der Waals surface area contributed by atoms with E-state index >= 15 is 0 Å². The van der Waals surface area contributed by atoms with Gasteiger partial charge in [0.25, 0.3) is 0 Å². The molecular formula is C11H16N4OS. The van der Waals surface area contributed by atoms with Gasteiger partial charge in [0.15, 0.2) is 0 Å². The number of hydrogen-bond acceptors (Lipinski definition) is 3. The molecule has 1 saturated carbocycles. The fourth-order valence-electron chi connectivity index (χ4n) is 1.83. The summed E-state index contributed by atoms with van der Waals surface area (Å²) < 4.78 is 1.92. The molecule has 3 N–H and O–H groups in total. The summed E-state index contributed by atoms with van der Waals surface area (Å²) in [5, 5.41) is 2.95. The lowest BCUT2D eigenvalue weighted by atomic mass is 10.1. The van der Waals surface area contributed by atoms with Crippen molar-refractivity contribution < 1.29 is 4.79 Å². The van der Waals surface area contributed by atoms with Crippen LogP contribution in [0.2, 0.25) is 0 Å². The molecule has 1 aromatic heterocycles. The molecule has 0 aliphatic heterocycles. The molecule has 0 spiro atoms. The summed E-state index contributed by atoms with van der Waals surface area (Å²) in [6, 6.07) is 0.0310. The molecule has 92 valence electrons. The Hall–Kier alpha value is -1.43. The molecule has 1 heterocycles. The third-order valence-electron chi connectivity index (χ3n) is 3.08. The molecule has 0 bridgehead atoms. The second-order valence-corrected chi connectivity index (χ2v) is 5.02. The molecule has 0 aromatic carbocycles. The van der Waals surface area contributed by atoms with E-state index in [1.54, 1.807) is 12.5 Å². The van der Waals surface area contributed by atoms with Crippen molar-refractivity contribution in [3.8, 4) is 0 Å². The number of rotatable bonds is 5. The van der Waals surface area contributed by atoms with Gasteiger partial charge in [0.2, 0.25) is 5.91 Å². The maximum absolute atomic E-state index is 12.0. The molecule has 1 aliphatic rings. The van der Waals surface area contributed by atoms with Crippen LogP contribution in [0, 0.1) is 5.41 Å². The van der Waals surface area contributed by atoms with Crippen LogP contribution in [-0.4, -0.2) is 26.5 Å². The Morgan fingerprint density at radius 1 is 1.71 bits per heavy atom. The number of nitrogens with two attached hydrogens (primary N) is 1. The average molecular weight is 252 g/mol. The number of amides is 1. The predicted octanol–water partition coefficient (Wildman–Crippen LogP) is 0.454. The van der Waals surface area contributed by atoms with Gasteiger partial charge in [-0.1, -0.05) is 12.2 Å². The molecule has 1 aliphatic carbocycles. The van der Waals surface area contributed by atoms with Gasteiger partial charge in [-0.25, -0.2) is 4.98 Å². The summed E-state index contributed by atoms with van der Waals surface area (Å²) in [7, 11) is 0. The maximum atomic E-state index is 12.0. The molecule has 2 rings (SSSR count). The lowest BCUT2D eigenvalue weighted by Gasteiger charge is -2.19. The number of thiocarbonyl (C=S) groups is 1. The third kappa shape index (κ3) is 2.46. The van der Waals surface area contributed by atoms with E-state index in [4.69, 9.17) is 18.0 Å². The van der Waals surface area contributed by atoms with E-state index in [1.165, 1.54) is 0 Å². The van der Waals surface area contributed by atoms with Crippen LogP contribution in [0.5, 0.6) is 0 Å². The number of imidazole rings is 1. The molecule has 17 heavy (non-hydrogen) atoms. The van der Waals surface area contributed by atoms with Gasteiger partial charge < -0.3 is 15.6 Å². The highest BCUT2D eigenvalue weighted by molar-refractivity contribution is 7.80. The van der Waals surface area contributed by atoms with Gasteiger partial charge in [0, 0.05) is 25.0 Å². The van der Waals surface area contributed by atoms with Gasteiger partial charge in [0.05, 0.1) is 16.7 Å². The van der Waals surface area contributed by atoms with E-state index in [2.05, 4.69) is 10.3 Å². The van der Waals surface area contributed by atoms with Gasteiger partial charge >= 0.3 is 0 Å². The summed E-state index contributed by atoms with van der Waals surface area (Å²) in [6.45, 7) is 2.65. The van der Waals surface area contributed by atoms with Crippen LogP contribution in [0.4, 0.5) is 0 Å². The van der Waals surface area contributed by atoms with Crippen molar-refractivity contribution in [1.82, 2.24) is 14.9 Å².